The number of nitrogens with zero attached hydrogens (tertiary/aromatic N) is 2. The molecule has 0 radical (unpaired) electrons. The second-order valence-electron chi connectivity index (χ2n) is 4.45. The Morgan fingerprint density at radius 3 is 2.86 bits per heavy atom. The normalized spacial score (nSPS) is 10.8. The van der Waals surface area contributed by atoms with Gasteiger partial charge in [-0.2, -0.15) is 4.98 Å². The van der Waals surface area contributed by atoms with Gasteiger partial charge in [0.05, 0.1) is 5.39 Å². The topological polar surface area (TPSA) is 47.0 Å². The van der Waals surface area contributed by atoms with Gasteiger partial charge in [0.1, 0.15) is 10.6 Å². The number of benzene rings is 1. The van der Waals surface area contributed by atoms with E-state index in [4.69, 9.17) is 4.74 Å². The van der Waals surface area contributed by atoms with Gasteiger partial charge in [0.25, 0.3) is 0 Å². The van der Waals surface area contributed by atoms with Crippen molar-refractivity contribution in [3.63, 3.8) is 0 Å². The molecule has 1 N–H and O–H groups in total. The third kappa shape index (κ3) is 3.01. The summed E-state index contributed by atoms with van der Waals surface area (Å²) in [4.78, 5) is 11.1. The van der Waals surface area contributed by atoms with Crippen LogP contribution in [-0.2, 0) is 6.42 Å². The van der Waals surface area contributed by atoms with Crippen molar-refractivity contribution in [3.05, 3.63) is 39.7 Å². The van der Waals surface area contributed by atoms with Crippen LogP contribution in [0.4, 0.5) is 5.95 Å². The van der Waals surface area contributed by atoms with Crippen LogP contribution in [0.3, 0.4) is 0 Å². The zero-order valence-electron chi connectivity index (χ0n) is 11.7. The maximum atomic E-state index is 5.96. The molecule has 0 saturated carbocycles. The van der Waals surface area contributed by atoms with Gasteiger partial charge in [0, 0.05) is 16.4 Å². The lowest BCUT2D eigenvalue weighted by Gasteiger charge is -2.07. The van der Waals surface area contributed by atoms with Crippen molar-refractivity contribution < 1.29 is 4.74 Å². The predicted molar refractivity (Wildman–Crippen MR) is 90.6 cm³/mol. The van der Waals surface area contributed by atoms with Crippen molar-refractivity contribution >= 4 is 43.4 Å². The largest absolute Gasteiger partial charge is 0.438 e. The third-order valence-corrected chi connectivity index (χ3v) is 4.66. The highest BCUT2D eigenvalue weighted by Gasteiger charge is 2.13. The Kier molecular flexibility index (Phi) is 4.07. The van der Waals surface area contributed by atoms with Gasteiger partial charge in [-0.15, -0.1) is 11.3 Å². The van der Waals surface area contributed by atoms with Crippen LogP contribution < -0.4 is 10.1 Å². The molecule has 21 heavy (non-hydrogen) atoms. The van der Waals surface area contributed by atoms with Crippen LogP contribution in [0.5, 0.6) is 11.6 Å². The molecule has 0 aliphatic carbocycles. The van der Waals surface area contributed by atoms with E-state index >= 15 is 0 Å². The minimum Gasteiger partial charge on any atom is -0.438 e. The van der Waals surface area contributed by atoms with E-state index in [-0.39, 0.29) is 0 Å². The molecule has 3 rings (SSSR count). The van der Waals surface area contributed by atoms with Gasteiger partial charge >= 0.3 is 0 Å². The fourth-order valence-electron chi connectivity index (χ4n) is 1.95. The van der Waals surface area contributed by atoms with E-state index in [1.807, 2.05) is 24.3 Å². The van der Waals surface area contributed by atoms with Gasteiger partial charge in [-0.25, -0.2) is 4.98 Å². The number of ether oxygens (including phenoxy) is 1. The maximum Gasteiger partial charge on any atom is 0.232 e. The van der Waals surface area contributed by atoms with Gasteiger partial charge in [0.15, 0.2) is 0 Å². The first kappa shape index (κ1) is 14.3. The van der Waals surface area contributed by atoms with E-state index in [1.165, 1.54) is 4.88 Å². The predicted octanol–water partition coefficient (Wildman–Crippen LogP) is 4.85. The number of hydrogen-bond acceptors (Lipinski definition) is 5. The number of nitrogens with one attached hydrogen (secondary N) is 1. The molecule has 0 aliphatic rings. The average Bonchev–Trinajstić information content (AvgIpc) is 2.90. The first-order valence-corrected chi connectivity index (χ1v) is 8.22. The summed E-state index contributed by atoms with van der Waals surface area (Å²) < 4.78 is 6.93. The number of rotatable bonds is 4. The summed E-state index contributed by atoms with van der Waals surface area (Å²) >= 11 is 5.12. The fourth-order valence-corrected chi connectivity index (χ4v) is 3.29. The van der Waals surface area contributed by atoms with E-state index < -0.39 is 0 Å². The van der Waals surface area contributed by atoms with E-state index in [2.05, 4.69) is 44.2 Å². The van der Waals surface area contributed by atoms with E-state index in [0.717, 1.165) is 26.9 Å². The van der Waals surface area contributed by atoms with Gasteiger partial charge in [-0.05, 0) is 30.7 Å². The van der Waals surface area contributed by atoms with E-state index in [1.54, 1.807) is 18.4 Å². The van der Waals surface area contributed by atoms with Crippen molar-refractivity contribution in [1.82, 2.24) is 9.97 Å². The molecule has 1 aromatic carbocycles. The molecule has 0 unspecified atom stereocenters. The summed E-state index contributed by atoms with van der Waals surface area (Å²) in [6.07, 6.45) is 0.978. The molecule has 3 aromatic rings. The van der Waals surface area contributed by atoms with Crippen LogP contribution in [0.25, 0.3) is 10.2 Å². The third-order valence-electron chi connectivity index (χ3n) is 2.99. The lowest BCUT2D eigenvalue weighted by atomic mass is 10.3. The number of fused-ring (bicyclic) bond motifs is 1. The van der Waals surface area contributed by atoms with Gasteiger partial charge in [-0.3, -0.25) is 0 Å². The molecule has 0 saturated heterocycles. The van der Waals surface area contributed by atoms with Crippen molar-refractivity contribution in [1.29, 1.82) is 0 Å². The Hall–Kier alpha value is -1.66. The van der Waals surface area contributed by atoms with Crippen molar-refractivity contribution in [2.24, 2.45) is 0 Å². The number of hydrogen-bond donors (Lipinski definition) is 1. The minimum atomic E-state index is 0.567. The second-order valence-corrected chi connectivity index (χ2v) is 6.48. The zero-order valence-corrected chi connectivity index (χ0v) is 14.1. The molecule has 0 aliphatic heterocycles. The number of thiophene rings is 1. The molecule has 0 bridgehead atoms. The molecule has 2 heterocycles. The Morgan fingerprint density at radius 2 is 2.14 bits per heavy atom. The smallest absolute Gasteiger partial charge is 0.232 e. The van der Waals surface area contributed by atoms with Crippen molar-refractivity contribution in [3.8, 4) is 11.6 Å². The molecule has 6 heteroatoms. The lowest BCUT2D eigenvalue weighted by molar-refractivity contribution is 0.469. The molecule has 0 atom stereocenters. The monoisotopic (exact) mass is 363 g/mol. The van der Waals surface area contributed by atoms with Gasteiger partial charge < -0.3 is 10.1 Å². The molecule has 2 aromatic heterocycles. The zero-order chi connectivity index (χ0) is 14.8. The molecule has 0 amide bonds. The van der Waals surface area contributed by atoms with Crippen LogP contribution in [-0.4, -0.2) is 17.0 Å². The Labute approximate surface area is 135 Å². The van der Waals surface area contributed by atoms with Crippen LogP contribution in [0, 0.1) is 0 Å². The molecule has 0 spiro atoms. The number of aromatic nitrogens is 2. The highest BCUT2D eigenvalue weighted by molar-refractivity contribution is 9.10. The van der Waals surface area contributed by atoms with Crippen LogP contribution >= 0.6 is 27.3 Å². The summed E-state index contributed by atoms with van der Waals surface area (Å²) in [6, 6.07) is 9.82. The van der Waals surface area contributed by atoms with Crippen LogP contribution in [0.15, 0.2) is 34.8 Å². The molecular weight excluding hydrogens is 350 g/mol. The molecule has 108 valence electrons. The highest BCUT2D eigenvalue weighted by atomic mass is 79.9. The van der Waals surface area contributed by atoms with Crippen LogP contribution in [0.1, 0.15) is 11.8 Å². The first-order valence-electron chi connectivity index (χ1n) is 6.61. The quantitative estimate of drug-likeness (QED) is 0.719. The Bertz CT molecular complexity index is 788. The fraction of sp³-hybridized carbons (Fsp3) is 0.200. The number of anilines is 1. The Morgan fingerprint density at radius 1 is 1.29 bits per heavy atom. The second kappa shape index (κ2) is 5.99. The van der Waals surface area contributed by atoms with Gasteiger partial charge in [-0.1, -0.05) is 28.9 Å². The summed E-state index contributed by atoms with van der Waals surface area (Å²) in [7, 11) is 1.80. The minimum absolute atomic E-state index is 0.567. The summed E-state index contributed by atoms with van der Waals surface area (Å²) in [5.41, 5.74) is 0. The number of aryl methyl sites for hydroxylation is 1. The van der Waals surface area contributed by atoms with Crippen LogP contribution in [0.2, 0.25) is 0 Å². The number of halogens is 1. The van der Waals surface area contributed by atoms with E-state index in [9.17, 15) is 0 Å². The molecule has 4 nitrogen and oxygen atoms in total. The lowest BCUT2D eigenvalue weighted by Crippen LogP contribution is -1.98. The van der Waals surface area contributed by atoms with Crippen molar-refractivity contribution in [2.45, 2.75) is 13.3 Å². The SMILES string of the molecule is CCc1cc2c(Oc3cccc(Br)c3)nc(NC)nc2s1. The van der Waals surface area contributed by atoms with E-state index in [0.29, 0.717) is 11.8 Å². The molecular formula is C15H14BrN3OS. The summed E-state index contributed by atoms with van der Waals surface area (Å²) in [6.45, 7) is 2.13. The summed E-state index contributed by atoms with van der Waals surface area (Å²) in [5, 5.41) is 3.93. The highest BCUT2D eigenvalue weighted by Crippen LogP contribution is 2.34. The van der Waals surface area contributed by atoms with Crippen molar-refractivity contribution in [2.75, 3.05) is 12.4 Å². The summed E-state index contributed by atoms with van der Waals surface area (Å²) in [5.74, 6) is 1.89. The maximum absolute atomic E-state index is 5.96. The first-order chi connectivity index (χ1) is 10.2. The van der Waals surface area contributed by atoms with Gasteiger partial charge in [0.2, 0.25) is 11.8 Å². The average molecular weight is 364 g/mol. The Balaban J connectivity index is 2.09. The molecule has 0 fully saturated rings. The standard InChI is InChI=1S/C15H14BrN3OS/c1-3-11-8-12-13(18-15(17-2)19-14(12)21-11)20-10-6-4-5-9(16)7-10/h4-8H,3H2,1-2H3,(H,17,18,19).